The molecule has 6 heteroatoms. The fraction of sp³-hybridized carbons (Fsp3) is 0.385. The number of aryl methyl sites for hydroxylation is 1. The molecule has 5 nitrogen and oxygen atoms in total. The summed E-state index contributed by atoms with van der Waals surface area (Å²) >= 11 is 1.50. The number of nitrogens with zero attached hydrogens (tertiary/aromatic N) is 1. The normalized spacial score (nSPS) is 10.9. The van der Waals surface area contributed by atoms with Crippen molar-refractivity contribution in [3.63, 3.8) is 0 Å². The SMILES string of the molecule is Cc1ccc(NC(=O)CNC(=O)/C=C/CN(C)C)s1. The van der Waals surface area contributed by atoms with Crippen LogP contribution in [0, 0.1) is 6.92 Å². The van der Waals surface area contributed by atoms with Crippen LogP contribution in [0.5, 0.6) is 0 Å². The molecule has 0 spiro atoms. The van der Waals surface area contributed by atoms with Crippen LogP contribution in [0.2, 0.25) is 0 Å². The number of nitrogens with one attached hydrogen (secondary N) is 2. The zero-order valence-corrected chi connectivity index (χ0v) is 12.2. The number of hydrogen-bond acceptors (Lipinski definition) is 4. The van der Waals surface area contributed by atoms with Crippen LogP contribution >= 0.6 is 11.3 Å². The first kappa shape index (κ1) is 15.4. The van der Waals surface area contributed by atoms with Gasteiger partial charge in [-0.25, -0.2) is 0 Å². The average Bonchev–Trinajstić information content (AvgIpc) is 2.71. The van der Waals surface area contributed by atoms with Crippen molar-refractivity contribution >= 4 is 28.2 Å². The van der Waals surface area contributed by atoms with Gasteiger partial charge in [-0.3, -0.25) is 9.59 Å². The first-order chi connectivity index (χ1) is 8.97. The Labute approximate surface area is 117 Å². The van der Waals surface area contributed by atoms with Crippen molar-refractivity contribution in [2.75, 3.05) is 32.5 Å². The van der Waals surface area contributed by atoms with E-state index in [0.717, 1.165) is 9.88 Å². The largest absolute Gasteiger partial charge is 0.343 e. The molecule has 0 aliphatic rings. The van der Waals surface area contributed by atoms with Gasteiger partial charge in [0.05, 0.1) is 11.5 Å². The minimum Gasteiger partial charge on any atom is -0.343 e. The Kier molecular flexibility index (Phi) is 6.24. The highest BCUT2D eigenvalue weighted by atomic mass is 32.1. The Bertz CT molecular complexity index is 466. The van der Waals surface area contributed by atoms with Gasteiger partial charge >= 0.3 is 0 Å². The summed E-state index contributed by atoms with van der Waals surface area (Å²) in [6.07, 6.45) is 3.18. The highest BCUT2D eigenvalue weighted by molar-refractivity contribution is 7.16. The number of anilines is 1. The topological polar surface area (TPSA) is 61.4 Å². The first-order valence-corrected chi connectivity index (χ1v) is 6.74. The molecule has 0 aliphatic heterocycles. The molecule has 0 aromatic carbocycles. The van der Waals surface area contributed by atoms with Gasteiger partial charge in [0.25, 0.3) is 0 Å². The van der Waals surface area contributed by atoms with Gasteiger partial charge in [-0.1, -0.05) is 6.08 Å². The summed E-state index contributed by atoms with van der Waals surface area (Å²) in [6.45, 7) is 2.63. The second-order valence-electron chi connectivity index (χ2n) is 4.34. The van der Waals surface area contributed by atoms with Crippen molar-refractivity contribution in [1.82, 2.24) is 10.2 Å². The summed E-state index contributed by atoms with van der Waals surface area (Å²) < 4.78 is 0. The third-order valence-corrected chi connectivity index (χ3v) is 3.08. The van der Waals surface area contributed by atoms with Crippen LogP contribution < -0.4 is 10.6 Å². The van der Waals surface area contributed by atoms with Crippen LogP contribution in [0.3, 0.4) is 0 Å². The standard InChI is InChI=1S/C13H19N3O2S/c1-10-6-7-13(19-10)15-12(18)9-14-11(17)5-4-8-16(2)3/h4-7H,8-9H2,1-3H3,(H,14,17)(H,15,18)/b5-4+. The summed E-state index contributed by atoms with van der Waals surface area (Å²) in [5.41, 5.74) is 0. The fourth-order valence-electron chi connectivity index (χ4n) is 1.28. The molecule has 2 N–H and O–H groups in total. The van der Waals surface area contributed by atoms with Gasteiger partial charge in [-0.15, -0.1) is 11.3 Å². The van der Waals surface area contributed by atoms with Crippen molar-refractivity contribution in [2.24, 2.45) is 0 Å². The van der Waals surface area contributed by atoms with E-state index in [1.54, 1.807) is 6.08 Å². The first-order valence-electron chi connectivity index (χ1n) is 5.93. The lowest BCUT2D eigenvalue weighted by Gasteiger charge is -2.04. The minimum absolute atomic E-state index is 0.0257. The molecule has 104 valence electrons. The Morgan fingerprint density at radius 2 is 2.11 bits per heavy atom. The van der Waals surface area contributed by atoms with Crippen LogP contribution in [-0.4, -0.2) is 43.9 Å². The molecular formula is C13H19N3O2S. The molecule has 0 saturated heterocycles. The fourth-order valence-corrected chi connectivity index (χ4v) is 2.06. The van der Waals surface area contributed by atoms with E-state index < -0.39 is 0 Å². The summed E-state index contributed by atoms with van der Waals surface area (Å²) in [7, 11) is 3.83. The lowest BCUT2D eigenvalue weighted by Crippen LogP contribution is -2.31. The molecule has 0 saturated carbocycles. The number of carbonyl (C=O) groups excluding carboxylic acids is 2. The van der Waals surface area contributed by atoms with Crippen LogP contribution in [-0.2, 0) is 9.59 Å². The number of carbonyl (C=O) groups is 2. The van der Waals surface area contributed by atoms with Crippen molar-refractivity contribution in [3.8, 4) is 0 Å². The zero-order valence-electron chi connectivity index (χ0n) is 11.4. The van der Waals surface area contributed by atoms with E-state index in [9.17, 15) is 9.59 Å². The van der Waals surface area contributed by atoms with Gasteiger partial charge in [0.15, 0.2) is 0 Å². The number of rotatable bonds is 6. The summed E-state index contributed by atoms with van der Waals surface area (Å²) in [5.74, 6) is -0.490. The Morgan fingerprint density at radius 1 is 1.37 bits per heavy atom. The predicted octanol–water partition coefficient (Wildman–Crippen LogP) is 1.23. The van der Waals surface area contributed by atoms with E-state index in [4.69, 9.17) is 0 Å². The maximum absolute atomic E-state index is 11.6. The lowest BCUT2D eigenvalue weighted by molar-refractivity contribution is -0.121. The molecule has 0 fully saturated rings. The zero-order chi connectivity index (χ0) is 14.3. The van der Waals surface area contributed by atoms with E-state index in [1.165, 1.54) is 17.4 Å². The van der Waals surface area contributed by atoms with Crippen molar-refractivity contribution < 1.29 is 9.59 Å². The molecule has 1 heterocycles. The maximum atomic E-state index is 11.6. The van der Waals surface area contributed by atoms with Crippen LogP contribution in [0.15, 0.2) is 24.3 Å². The van der Waals surface area contributed by atoms with Gasteiger partial charge in [0.1, 0.15) is 0 Å². The molecule has 0 radical (unpaired) electrons. The number of likely N-dealkylation sites (N-methyl/N-ethyl adjacent to an activating group) is 1. The van der Waals surface area contributed by atoms with E-state index in [2.05, 4.69) is 10.6 Å². The van der Waals surface area contributed by atoms with Crippen molar-refractivity contribution in [1.29, 1.82) is 0 Å². The number of amides is 2. The van der Waals surface area contributed by atoms with E-state index in [0.29, 0.717) is 6.54 Å². The minimum atomic E-state index is -0.264. The molecule has 1 aromatic rings. The molecule has 0 unspecified atom stereocenters. The summed E-state index contributed by atoms with van der Waals surface area (Å²) in [4.78, 5) is 26.0. The number of thiophene rings is 1. The average molecular weight is 281 g/mol. The van der Waals surface area contributed by atoms with Crippen molar-refractivity contribution in [3.05, 3.63) is 29.2 Å². The Hall–Kier alpha value is -1.66. The Morgan fingerprint density at radius 3 is 2.68 bits per heavy atom. The van der Waals surface area contributed by atoms with Gasteiger partial charge in [0, 0.05) is 17.5 Å². The molecule has 0 bridgehead atoms. The molecule has 2 amide bonds. The van der Waals surface area contributed by atoms with Crippen LogP contribution in [0.4, 0.5) is 5.00 Å². The summed E-state index contributed by atoms with van der Waals surface area (Å²) in [5, 5.41) is 6.05. The molecule has 0 aliphatic carbocycles. The smallest absolute Gasteiger partial charge is 0.244 e. The predicted molar refractivity (Wildman–Crippen MR) is 78.4 cm³/mol. The van der Waals surface area contributed by atoms with Crippen LogP contribution in [0.1, 0.15) is 4.88 Å². The molecule has 19 heavy (non-hydrogen) atoms. The molecule has 0 atom stereocenters. The number of hydrogen-bond donors (Lipinski definition) is 2. The van der Waals surface area contributed by atoms with Gasteiger partial charge in [-0.05, 0) is 33.2 Å². The molecular weight excluding hydrogens is 262 g/mol. The lowest BCUT2D eigenvalue weighted by atomic mass is 10.4. The highest BCUT2D eigenvalue weighted by Gasteiger charge is 2.05. The van der Waals surface area contributed by atoms with E-state index in [-0.39, 0.29) is 18.4 Å². The molecule has 1 rings (SSSR count). The second kappa shape index (κ2) is 7.70. The van der Waals surface area contributed by atoms with E-state index in [1.807, 2.05) is 38.1 Å². The van der Waals surface area contributed by atoms with Crippen LogP contribution in [0.25, 0.3) is 0 Å². The quantitative estimate of drug-likeness (QED) is 0.771. The summed E-state index contributed by atoms with van der Waals surface area (Å²) in [6, 6.07) is 3.78. The van der Waals surface area contributed by atoms with Gasteiger partial charge in [0.2, 0.25) is 11.8 Å². The molecule has 1 aromatic heterocycles. The highest BCUT2D eigenvalue weighted by Crippen LogP contribution is 2.20. The maximum Gasteiger partial charge on any atom is 0.244 e. The second-order valence-corrected chi connectivity index (χ2v) is 5.63. The third-order valence-electron chi connectivity index (χ3n) is 2.17. The van der Waals surface area contributed by atoms with Gasteiger partial charge < -0.3 is 15.5 Å². The monoisotopic (exact) mass is 281 g/mol. The van der Waals surface area contributed by atoms with Crippen molar-refractivity contribution in [2.45, 2.75) is 6.92 Å². The van der Waals surface area contributed by atoms with Gasteiger partial charge in [-0.2, -0.15) is 0 Å². The third kappa shape index (κ3) is 6.73. The van der Waals surface area contributed by atoms with E-state index >= 15 is 0 Å². The Balaban J connectivity index is 2.26.